The van der Waals surface area contributed by atoms with Crippen LogP contribution in [0.5, 0.6) is 5.75 Å². The van der Waals surface area contributed by atoms with Crippen LogP contribution < -0.4 is 4.74 Å². The van der Waals surface area contributed by atoms with Gasteiger partial charge in [0.1, 0.15) is 5.75 Å². The molecule has 1 rings (SSSR count). The van der Waals surface area contributed by atoms with Gasteiger partial charge in [0.05, 0.1) is 12.2 Å². The van der Waals surface area contributed by atoms with E-state index in [0.717, 1.165) is 19.4 Å². The molecule has 4 heteroatoms. The molecule has 0 aliphatic carbocycles. The highest BCUT2D eigenvalue weighted by Crippen LogP contribution is 2.21. The Hall–Kier alpha value is -1.55. The Labute approximate surface area is 101 Å². The average Bonchev–Trinajstić information content (AvgIpc) is 2.30. The molecule has 0 radical (unpaired) electrons. The number of carboxylic acid groups (broad SMARTS) is 1. The molecule has 0 aliphatic heterocycles. The van der Waals surface area contributed by atoms with Crippen LogP contribution in [0.2, 0.25) is 0 Å². The Balaban J connectivity index is 2.54. The molecule has 1 aromatic carbocycles. The molecule has 0 saturated carbocycles. The van der Waals surface area contributed by atoms with Crippen LogP contribution in [-0.2, 0) is 4.74 Å². The predicted molar refractivity (Wildman–Crippen MR) is 64.7 cm³/mol. The van der Waals surface area contributed by atoms with Gasteiger partial charge in [-0.05, 0) is 31.9 Å². The summed E-state index contributed by atoms with van der Waals surface area (Å²) < 4.78 is 10.5. The van der Waals surface area contributed by atoms with Gasteiger partial charge in [0.25, 0.3) is 0 Å². The van der Waals surface area contributed by atoms with Crippen molar-refractivity contribution in [2.45, 2.75) is 19.8 Å². The van der Waals surface area contributed by atoms with Gasteiger partial charge in [-0.1, -0.05) is 6.07 Å². The largest absolute Gasteiger partial charge is 0.493 e. The maximum Gasteiger partial charge on any atom is 0.336 e. The first-order valence-electron chi connectivity index (χ1n) is 5.61. The van der Waals surface area contributed by atoms with Gasteiger partial charge in [-0.3, -0.25) is 0 Å². The van der Waals surface area contributed by atoms with Gasteiger partial charge >= 0.3 is 5.97 Å². The summed E-state index contributed by atoms with van der Waals surface area (Å²) in [7, 11) is 1.67. The van der Waals surface area contributed by atoms with Crippen LogP contribution in [0.4, 0.5) is 0 Å². The number of hydrogen-bond acceptors (Lipinski definition) is 3. The molecular formula is C13H18O4. The molecule has 0 atom stereocenters. The fourth-order valence-corrected chi connectivity index (χ4v) is 1.53. The van der Waals surface area contributed by atoms with Crippen molar-refractivity contribution in [1.29, 1.82) is 0 Å². The molecule has 0 unspecified atom stereocenters. The topological polar surface area (TPSA) is 55.8 Å². The first-order valence-corrected chi connectivity index (χ1v) is 5.61. The molecule has 1 aromatic rings. The summed E-state index contributed by atoms with van der Waals surface area (Å²) in [6, 6.07) is 5.06. The lowest BCUT2D eigenvalue weighted by molar-refractivity contribution is 0.0695. The Kier molecular flexibility index (Phi) is 5.49. The maximum atomic E-state index is 10.9. The van der Waals surface area contributed by atoms with Crippen molar-refractivity contribution in [3.63, 3.8) is 0 Å². The summed E-state index contributed by atoms with van der Waals surface area (Å²) >= 11 is 0. The second-order valence-corrected chi connectivity index (χ2v) is 3.78. The molecule has 94 valence electrons. The minimum Gasteiger partial charge on any atom is -0.493 e. The summed E-state index contributed by atoms with van der Waals surface area (Å²) in [5.74, 6) is -0.283. The lowest BCUT2D eigenvalue weighted by atomic mass is 10.1. The highest BCUT2D eigenvalue weighted by molar-refractivity contribution is 5.90. The van der Waals surface area contributed by atoms with Gasteiger partial charge in [0.2, 0.25) is 0 Å². The number of unbranched alkanes of at least 4 members (excludes halogenated alkanes) is 1. The molecule has 17 heavy (non-hydrogen) atoms. The second-order valence-electron chi connectivity index (χ2n) is 3.78. The van der Waals surface area contributed by atoms with Crippen molar-refractivity contribution in [3.05, 3.63) is 29.3 Å². The molecule has 0 amide bonds. The van der Waals surface area contributed by atoms with E-state index in [9.17, 15) is 4.79 Å². The smallest absolute Gasteiger partial charge is 0.336 e. The molecule has 0 fully saturated rings. The van der Waals surface area contributed by atoms with Crippen molar-refractivity contribution in [1.82, 2.24) is 0 Å². The van der Waals surface area contributed by atoms with E-state index >= 15 is 0 Å². The van der Waals surface area contributed by atoms with Crippen LogP contribution in [0.25, 0.3) is 0 Å². The first-order chi connectivity index (χ1) is 8.16. The van der Waals surface area contributed by atoms with Crippen LogP contribution >= 0.6 is 0 Å². The van der Waals surface area contributed by atoms with E-state index in [0.29, 0.717) is 23.5 Å². The van der Waals surface area contributed by atoms with Crippen LogP contribution in [0.1, 0.15) is 28.8 Å². The minimum absolute atomic E-state index is 0.291. The summed E-state index contributed by atoms with van der Waals surface area (Å²) in [5, 5.41) is 8.96. The zero-order valence-electron chi connectivity index (χ0n) is 10.2. The van der Waals surface area contributed by atoms with E-state index in [4.69, 9.17) is 14.6 Å². The van der Waals surface area contributed by atoms with Gasteiger partial charge in [0, 0.05) is 19.3 Å². The number of benzene rings is 1. The highest BCUT2D eigenvalue weighted by atomic mass is 16.5. The maximum absolute atomic E-state index is 10.9. The van der Waals surface area contributed by atoms with Crippen molar-refractivity contribution in [2.75, 3.05) is 20.3 Å². The van der Waals surface area contributed by atoms with Crippen LogP contribution in [0.3, 0.4) is 0 Å². The fraction of sp³-hybridized carbons (Fsp3) is 0.462. The van der Waals surface area contributed by atoms with E-state index in [-0.39, 0.29) is 0 Å². The van der Waals surface area contributed by atoms with Crippen LogP contribution in [0, 0.1) is 6.92 Å². The molecule has 0 aromatic heterocycles. The molecule has 0 spiro atoms. The third-order valence-corrected chi connectivity index (χ3v) is 2.51. The Morgan fingerprint density at radius 2 is 2.00 bits per heavy atom. The van der Waals surface area contributed by atoms with Gasteiger partial charge in [-0.15, -0.1) is 0 Å². The summed E-state index contributed by atoms with van der Waals surface area (Å²) in [6.07, 6.45) is 1.83. The third-order valence-electron chi connectivity index (χ3n) is 2.51. The van der Waals surface area contributed by atoms with Crippen molar-refractivity contribution >= 4 is 5.97 Å². The SMILES string of the molecule is COCCCCOc1cccc(C(=O)O)c1C. The Bertz CT molecular complexity index is 374. The molecule has 4 nitrogen and oxygen atoms in total. The summed E-state index contributed by atoms with van der Waals surface area (Å²) in [4.78, 5) is 10.9. The number of carboxylic acids is 1. The quantitative estimate of drug-likeness (QED) is 0.741. The summed E-state index contributed by atoms with van der Waals surface area (Å²) in [6.45, 7) is 3.05. The molecular weight excluding hydrogens is 220 g/mol. The lowest BCUT2D eigenvalue weighted by Crippen LogP contribution is -2.04. The van der Waals surface area contributed by atoms with E-state index < -0.39 is 5.97 Å². The van der Waals surface area contributed by atoms with Crippen molar-refractivity contribution in [2.24, 2.45) is 0 Å². The first kappa shape index (κ1) is 13.5. The molecule has 0 bridgehead atoms. The molecule has 0 saturated heterocycles. The molecule has 0 aliphatic rings. The van der Waals surface area contributed by atoms with Crippen molar-refractivity contribution < 1.29 is 19.4 Å². The van der Waals surface area contributed by atoms with E-state index in [2.05, 4.69) is 0 Å². The standard InChI is InChI=1S/C13H18O4/c1-10-11(13(14)15)6-5-7-12(10)17-9-4-3-8-16-2/h5-7H,3-4,8-9H2,1-2H3,(H,14,15). The predicted octanol–water partition coefficient (Wildman–Crippen LogP) is 2.50. The average molecular weight is 238 g/mol. The number of ether oxygens (including phenoxy) is 2. The zero-order valence-corrected chi connectivity index (χ0v) is 10.2. The monoisotopic (exact) mass is 238 g/mol. The second kappa shape index (κ2) is 6.91. The number of carbonyl (C=O) groups is 1. The fourth-order valence-electron chi connectivity index (χ4n) is 1.53. The van der Waals surface area contributed by atoms with Gasteiger partial charge in [-0.2, -0.15) is 0 Å². The number of rotatable bonds is 7. The van der Waals surface area contributed by atoms with Gasteiger partial charge in [-0.25, -0.2) is 4.79 Å². The van der Waals surface area contributed by atoms with E-state index in [1.807, 2.05) is 0 Å². The van der Waals surface area contributed by atoms with Crippen LogP contribution in [-0.4, -0.2) is 31.4 Å². The zero-order chi connectivity index (χ0) is 12.7. The Morgan fingerprint density at radius 3 is 2.65 bits per heavy atom. The van der Waals surface area contributed by atoms with Gasteiger partial charge in [0.15, 0.2) is 0 Å². The normalized spacial score (nSPS) is 10.2. The number of aromatic carboxylic acids is 1. The Morgan fingerprint density at radius 1 is 1.29 bits per heavy atom. The third kappa shape index (κ3) is 4.07. The highest BCUT2D eigenvalue weighted by Gasteiger charge is 2.10. The van der Waals surface area contributed by atoms with E-state index in [1.165, 1.54) is 0 Å². The summed E-state index contributed by atoms with van der Waals surface area (Å²) in [5.41, 5.74) is 0.964. The van der Waals surface area contributed by atoms with Crippen LogP contribution in [0.15, 0.2) is 18.2 Å². The minimum atomic E-state index is -0.924. The van der Waals surface area contributed by atoms with Crippen molar-refractivity contribution in [3.8, 4) is 5.75 Å². The van der Waals surface area contributed by atoms with Gasteiger partial charge < -0.3 is 14.6 Å². The molecule has 1 N–H and O–H groups in total. The number of methoxy groups -OCH3 is 1. The number of hydrogen-bond donors (Lipinski definition) is 1. The van der Waals surface area contributed by atoms with E-state index in [1.54, 1.807) is 32.2 Å². The lowest BCUT2D eigenvalue weighted by Gasteiger charge is -2.10. The molecule has 0 heterocycles.